The minimum atomic E-state index is -0.253. The fourth-order valence-corrected chi connectivity index (χ4v) is 1.31. The average Bonchev–Trinajstić information content (AvgIpc) is 2.13. The zero-order valence-electron chi connectivity index (χ0n) is 9.55. The van der Waals surface area contributed by atoms with Crippen molar-refractivity contribution in [1.29, 1.82) is 0 Å². The molecule has 14 heavy (non-hydrogen) atoms. The maximum atomic E-state index is 11.5. The molecule has 0 saturated heterocycles. The van der Waals surface area contributed by atoms with Gasteiger partial charge in [-0.3, -0.25) is 4.79 Å². The average molecular weight is 201 g/mol. The highest BCUT2D eigenvalue weighted by atomic mass is 16.3. The number of rotatable bonds is 7. The van der Waals surface area contributed by atoms with Gasteiger partial charge in [-0.25, -0.2) is 0 Å². The smallest absolute Gasteiger partial charge is 0.225 e. The van der Waals surface area contributed by atoms with Gasteiger partial charge in [0.15, 0.2) is 0 Å². The van der Waals surface area contributed by atoms with Crippen molar-refractivity contribution in [2.75, 3.05) is 13.2 Å². The van der Waals surface area contributed by atoms with E-state index in [2.05, 4.69) is 12.2 Å². The van der Waals surface area contributed by atoms with Crippen LogP contribution in [-0.2, 0) is 4.79 Å². The van der Waals surface area contributed by atoms with Crippen LogP contribution in [0.3, 0.4) is 0 Å². The first-order valence-electron chi connectivity index (χ1n) is 5.52. The standard InChI is InChI=1S/C11H23NO2/c1-4-5-6-7-12-11(14)10(8-13)9(2)3/h9-10,13H,4-8H2,1-3H3,(H,12,14). The number of hydrogen-bond donors (Lipinski definition) is 2. The summed E-state index contributed by atoms with van der Waals surface area (Å²) in [6.45, 7) is 6.71. The van der Waals surface area contributed by atoms with Gasteiger partial charge in [0.05, 0.1) is 12.5 Å². The molecular weight excluding hydrogens is 178 g/mol. The number of carbonyl (C=O) groups excluding carboxylic acids is 1. The number of aliphatic hydroxyl groups is 1. The van der Waals surface area contributed by atoms with E-state index in [1.54, 1.807) is 0 Å². The molecule has 0 aliphatic heterocycles. The van der Waals surface area contributed by atoms with Crippen molar-refractivity contribution >= 4 is 5.91 Å². The third kappa shape index (κ3) is 5.22. The van der Waals surface area contributed by atoms with Gasteiger partial charge >= 0.3 is 0 Å². The third-order valence-corrected chi connectivity index (χ3v) is 2.42. The SMILES string of the molecule is CCCCCNC(=O)C(CO)C(C)C. The maximum Gasteiger partial charge on any atom is 0.225 e. The van der Waals surface area contributed by atoms with E-state index in [4.69, 9.17) is 5.11 Å². The first-order chi connectivity index (χ1) is 6.63. The Bertz CT molecular complexity index is 157. The largest absolute Gasteiger partial charge is 0.396 e. The summed E-state index contributed by atoms with van der Waals surface area (Å²) in [5, 5.41) is 11.9. The maximum absolute atomic E-state index is 11.5. The van der Waals surface area contributed by atoms with E-state index in [-0.39, 0.29) is 24.3 Å². The van der Waals surface area contributed by atoms with Gasteiger partial charge in [-0.2, -0.15) is 0 Å². The molecular formula is C11H23NO2. The summed E-state index contributed by atoms with van der Waals surface area (Å²) in [5.41, 5.74) is 0. The van der Waals surface area contributed by atoms with Crippen molar-refractivity contribution in [2.45, 2.75) is 40.0 Å². The molecule has 1 amide bonds. The highest BCUT2D eigenvalue weighted by molar-refractivity contribution is 5.78. The van der Waals surface area contributed by atoms with Crippen LogP contribution < -0.4 is 5.32 Å². The van der Waals surface area contributed by atoms with Gasteiger partial charge < -0.3 is 10.4 Å². The minimum Gasteiger partial charge on any atom is -0.396 e. The Labute approximate surface area is 86.9 Å². The van der Waals surface area contributed by atoms with Crippen molar-refractivity contribution in [1.82, 2.24) is 5.32 Å². The van der Waals surface area contributed by atoms with Crippen molar-refractivity contribution in [3.05, 3.63) is 0 Å². The Hall–Kier alpha value is -0.570. The third-order valence-electron chi connectivity index (χ3n) is 2.42. The summed E-state index contributed by atoms with van der Waals surface area (Å²) in [5.74, 6) is -0.0681. The lowest BCUT2D eigenvalue weighted by Crippen LogP contribution is -2.36. The quantitative estimate of drug-likeness (QED) is 0.614. The Morgan fingerprint density at radius 1 is 1.36 bits per heavy atom. The van der Waals surface area contributed by atoms with Crippen LogP contribution in [0.25, 0.3) is 0 Å². The molecule has 1 atom stereocenters. The van der Waals surface area contributed by atoms with E-state index in [1.165, 1.54) is 0 Å². The Balaban J connectivity index is 3.70. The van der Waals surface area contributed by atoms with Gasteiger partial charge in [0.25, 0.3) is 0 Å². The minimum absolute atomic E-state index is 0.0152. The van der Waals surface area contributed by atoms with Crippen LogP contribution in [0.2, 0.25) is 0 Å². The molecule has 0 aromatic heterocycles. The van der Waals surface area contributed by atoms with E-state index in [0.717, 1.165) is 25.8 Å². The molecule has 2 N–H and O–H groups in total. The highest BCUT2D eigenvalue weighted by Gasteiger charge is 2.20. The second-order valence-electron chi connectivity index (χ2n) is 4.03. The topological polar surface area (TPSA) is 49.3 Å². The number of hydrogen-bond acceptors (Lipinski definition) is 2. The number of nitrogens with one attached hydrogen (secondary N) is 1. The second-order valence-corrected chi connectivity index (χ2v) is 4.03. The molecule has 0 bridgehead atoms. The van der Waals surface area contributed by atoms with E-state index in [1.807, 2.05) is 13.8 Å². The summed E-state index contributed by atoms with van der Waals surface area (Å²) in [7, 11) is 0. The van der Waals surface area contributed by atoms with Crippen LogP contribution in [0.4, 0.5) is 0 Å². The van der Waals surface area contributed by atoms with E-state index in [0.29, 0.717) is 0 Å². The molecule has 3 nitrogen and oxygen atoms in total. The highest BCUT2D eigenvalue weighted by Crippen LogP contribution is 2.09. The normalized spacial score (nSPS) is 12.9. The predicted octanol–water partition coefficient (Wildman–Crippen LogP) is 1.56. The first kappa shape index (κ1) is 13.4. The lowest BCUT2D eigenvalue weighted by Gasteiger charge is -2.17. The number of amides is 1. The lowest BCUT2D eigenvalue weighted by atomic mass is 9.96. The Morgan fingerprint density at radius 2 is 2.00 bits per heavy atom. The molecule has 0 aliphatic rings. The Kier molecular flexibility index (Phi) is 7.48. The van der Waals surface area contributed by atoms with Gasteiger partial charge in [0.1, 0.15) is 0 Å². The summed E-state index contributed by atoms with van der Waals surface area (Å²) in [6, 6.07) is 0. The fraction of sp³-hybridized carbons (Fsp3) is 0.909. The van der Waals surface area contributed by atoms with Gasteiger partial charge in [0, 0.05) is 6.54 Å². The zero-order chi connectivity index (χ0) is 11.0. The summed E-state index contributed by atoms with van der Waals surface area (Å²) >= 11 is 0. The van der Waals surface area contributed by atoms with E-state index < -0.39 is 0 Å². The zero-order valence-corrected chi connectivity index (χ0v) is 9.55. The van der Waals surface area contributed by atoms with Gasteiger partial charge in [0.2, 0.25) is 5.91 Å². The van der Waals surface area contributed by atoms with Crippen LogP contribution in [0.5, 0.6) is 0 Å². The molecule has 0 saturated carbocycles. The number of carbonyl (C=O) groups is 1. The number of aliphatic hydroxyl groups excluding tert-OH is 1. The van der Waals surface area contributed by atoms with Crippen LogP contribution in [0, 0.1) is 11.8 Å². The molecule has 0 radical (unpaired) electrons. The molecule has 0 spiro atoms. The van der Waals surface area contributed by atoms with Crippen molar-refractivity contribution < 1.29 is 9.90 Å². The van der Waals surface area contributed by atoms with Gasteiger partial charge in [-0.1, -0.05) is 33.6 Å². The second kappa shape index (κ2) is 7.80. The van der Waals surface area contributed by atoms with Crippen LogP contribution in [0.1, 0.15) is 40.0 Å². The molecule has 84 valence electrons. The summed E-state index contributed by atoms with van der Waals surface area (Å²) < 4.78 is 0. The molecule has 0 rings (SSSR count). The molecule has 0 fully saturated rings. The van der Waals surface area contributed by atoms with Crippen LogP contribution in [0.15, 0.2) is 0 Å². The molecule has 0 aliphatic carbocycles. The molecule has 3 heteroatoms. The Morgan fingerprint density at radius 3 is 2.43 bits per heavy atom. The first-order valence-corrected chi connectivity index (χ1v) is 5.52. The summed E-state index contributed by atoms with van der Waals surface area (Å²) in [6.07, 6.45) is 3.33. The van der Waals surface area contributed by atoms with Crippen molar-refractivity contribution in [3.63, 3.8) is 0 Å². The van der Waals surface area contributed by atoms with Gasteiger partial charge in [-0.05, 0) is 12.3 Å². The molecule has 0 aromatic rings. The summed E-state index contributed by atoms with van der Waals surface area (Å²) in [4.78, 5) is 11.5. The van der Waals surface area contributed by atoms with Crippen LogP contribution in [-0.4, -0.2) is 24.2 Å². The van der Waals surface area contributed by atoms with Crippen molar-refractivity contribution in [3.8, 4) is 0 Å². The fourth-order valence-electron chi connectivity index (χ4n) is 1.31. The van der Waals surface area contributed by atoms with E-state index in [9.17, 15) is 4.79 Å². The lowest BCUT2D eigenvalue weighted by molar-refractivity contribution is -0.127. The predicted molar refractivity (Wildman–Crippen MR) is 57.9 cm³/mol. The molecule has 1 unspecified atom stereocenters. The van der Waals surface area contributed by atoms with Gasteiger partial charge in [-0.15, -0.1) is 0 Å². The van der Waals surface area contributed by atoms with Crippen LogP contribution >= 0.6 is 0 Å². The van der Waals surface area contributed by atoms with E-state index >= 15 is 0 Å². The monoisotopic (exact) mass is 201 g/mol. The number of unbranched alkanes of at least 4 members (excludes halogenated alkanes) is 2. The van der Waals surface area contributed by atoms with Crippen molar-refractivity contribution in [2.24, 2.45) is 11.8 Å². The molecule has 0 aromatic carbocycles. The molecule has 0 heterocycles.